The fraction of sp³-hybridized carbons (Fsp3) is 0.273. The van der Waals surface area contributed by atoms with Gasteiger partial charge < -0.3 is 14.8 Å². The molecule has 1 aliphatic carbocycles. The Morgan fingerprint density at radius 1 is 1.04 bits per heavy atom. The number of carbonyl (C=O) groups is 1. The molecular weight excluding hydrogens is 372 g/mol. The number of amides is 1. The summed E-state index contributed by atoms with van der Waals surface area (Å²) in [5, 5.41) is 4.86. The number of hydrogen-bond acceptors (Lipinski definition) is 5. The van der Waals surface area contributed by atoms with Crippen LogP contribution in [0.5, 0.6) is 11.5 Å². The number of ether oxygens (including phenoxy) is 2. The number of fused-ring (bicyclic) bond motifs is 2. The summed E-state index contributed by atoms with van der Waals surface area (Å²) in [6.07, 6.45) is 4.08. The number of hydrogen-bond donors (Lipinski definition) is 1. The lowest BCUT2D eigenvalue weighted by Crippen LogP contribution is -2.34. The normalized spacial score (nSPS) is 16.6. The molecular formula is C22H20N2O3S. The van der Waals surface area contributed by atoms with Crippen LogP contribution in [0.3, 0.4) is 0 Å². The van der Waals surface area contributed by atoms with Gasteiger partial charge in [0.15, 0.2) is 11.5 Å². The second-order valence-corrected chi connectivity index (χ2v) is 8.16. The summed E-state index contributed by atoms with van der Waals surface area (Å²) in [5.74, 6) is 1.21. The molecule has 0 atom stereocenters. The number of pyridine rings is 1. The molecule has 1 spiro atoms. The maximum absolute atomic E-state index is 12.4. The molecule has 1 N–H and O–H groups in total. The van der Waals surface area contributed by atoms with Crippen molar-refractivity contribution < 1.29 is 14.3 Å². The molecule has 1 fully saturated rings. The van der Waals surface area contributed by atoms with Crippen LogP contribution >= 0.6 is 11.8 Å². The number of aromatic nitrogens is 1. The zero-order valence-corrected chi connectivity index (χ0v) is 16.1. The third kappa shape index (κ3) is 3.40. The summed E-state index contributed by atoms with van der Waals surface area (Å²) in [7, 11) is 0. The Morgan fingerprint density at radius 2 is 1.86 bits per heavy atom. The molecule has 1 amide bonds. The van der Waals surface area contributed by atoms with E-state index >= 15 is 0 Å². The van der Waals surface area contributed by atoms with Gasteiger partial charge in [-0.3, -0.25) is 4.79 Å². The number of nitrogens with zero attached hydrogens (tertiary/aromatic N) is 1. The molecule has 2 aromatic carbocycles. The van der Waals surface area contributed by atoms with Crippen molar-refractivity contribution in [2.75, 3.05) is 11.1 Å². The Hall–Kier alpha value is -2.73. The maximum atomic E-state index is 12.4. The van der Waals surface area contributed by atoms with Crippen molar-refractivity contribution in [3.63, 3.8) is 0 Å². The third-order valence-electron chi connectivity index (χ3n) is 5.11. The molecule has 1 saturated carbocycles. The Bertz CT molecular complexity index is 1050. The highest BCUT2D eigenvalue weighted by Crippen LogP contribution is 2.47. The number of thioether (sulfide) groups is 1. The minimum Gasteiger partial charge on any atom is -0.448 e. The first kappa shape index (κ1) is 17.4. The number of para-hydroxylation sites is 1. The SMILES string of the molecule is O=C(CSc1ccc2ccccc2n1)Nc1ccc2c(c1)OC1(CCCC1)O2. The van der Waals surface area contributed by atoms with Crippen LogP contribution < -0.4 is 14.8 Å². The lowest BCUT2D eigenvalue weighted by molar-refractivity contribution is -0.113. The van der Waals surface area contributed by atoms with Crippen LogP contribution in [0.2, 0.25) is 0 Å². The molecule has 5 nitrogen and oxygen atoms in total. The predicted molar refractivity (Wildman–Crippen MR) is 110 cm³/mol. The fourth-order valence-electron chi connectivity index (χ4n) is 3.75. The molecule has 142 valence electrons. The van der Waals surface area contributed by atoms with E-state index in [1.54, 1.807) is 0 Å². The van der Waals surface area contributed by atoms with Gasteiger partial charge in [0.05, 0.1) is 16.3 Å². The zero-order valence-electron chi connectivity index (χ0n) is 15.3. The Morgan fingerprint density at radius 3 is 2.75 bits per heavy atom. The van der Waals surface area contributed by atoms with Crippen LogP contribution in [0.4, 0.5) is 5.69 Å². The minimum absolute atomic E-state index is 0.0746. The van der Waals surface area contributed by atoms with Crippen LogP contribution in [-0.4, -0.2) is 22.4 Å². The van der Waals surface area contributed by atoms with Crippen molar-refractivity contribution in [2.24, 2.45) is 0 Å². The molecule has 0 saturated heterocycles. The summed E-state index contributed by atoms with van der Waals surface area (Å²) < 4.78 is 12.1. The molecule has 6 heteroatoms. The number of anilines is 1. The topological polar surface area (TPSA) is 60.5 Å². The molecule has 1 aromatic heterocycles. The standard InChI is InChI=1S/C22H20N2O3S/c25-20(14-28-21-10-7-15-5-1-2-6-17(15)24-21)23-16-8-9-18-19(13-16)27-22(26-18)11-3-4-12-22/h1-2,5-10,13H,3-4,11-12,14H2,(H,23,25). The van der Waals surface area contributed by atoms with Crippen LogP contribution in [0.1, 0.15) is 25.7 Å². The van der Waals surface area contributed by atoms with Crippen LogP contribution in [0.15, 0.2) is 59.6 Å². The van der Waals surface area contributed by atoms with Gasteiger partial charge in [0, 0.05) is 30.0 Å². The molecule has 2 aliphatic rings. The molecule has 0 unspecified atom stereocenters. The van der Waals surface area contributed by atoms with Crippen LogP contribution in [-0.2, 0) is 4.79 Å². The van der Waals surface area contributed by atoms with E-state index in [4.69, 9.17) is 9.47 Å². The van der Waals surface area contributed by atoms with E-state index in [-0.39, 0.29) is 5.91 Å². The van der Waals surface area contributed by atoms with Gasteiger partial charge in [-0.1, -0.05) is 36.0 Å². The quantitative estimate of drug-likeness (QED) is 0.633. The van der Waals surface area contributed by atoms with Gasteiger partial charge >= 0.3 is 0 Å². The van der Waals surface area contributed by atoms with Gasteiger partial charge in [-0.25, -0.2) is 4.98 Å². The van der Waals surface area contributed by atoms with Gasteiger partial charge in [-0.05, 0) is 37.1 Å². The summed E-state index contributed by atoms with van der Waals surface area (Å²) in [6, 6.07) is 17.5. The molecule has 2 heterocycles. The summed E-state index contributed by atoms with van der Waals surface area (Å²) in [4.78, 5) is 17.0. The molecule has 0 radical (unpaired) electrons. The third-order valence-corrected chi connectivity index (χ3v) is 6.04. The number of nitrogens with one attached hydrogen (secondary N) is 1. The molecule has 5 rings (SSSR count). The molecule has 0 bridgehead atoms. The largest absolute Gasteiger partial charge is 0.448 e. The van der Waals surface area contributed by atoms with E-state index in [2.05, 4.69) is 10.3 Å². The summed E-state index contributed by atoms with van der Waals surface area (Å²) in [6.45, 7) is 0. The highest BCUT2D eigenvalue weighted by molar-refractivity contribution is 7.99. The van der Waals surface area contributed by atoms with Crippen molar-refractivity contribution in [3.05, 3.63) is 54.6 Å². The van der Waals surface area contributed by atoms with Gasteiger partial charge in [-0.2, -0.15) is 0 Å². The smallest absolute Gasteiger partial charge is 0.251 e. The summed E-state index contributed by atoms with van der Waals surface area (Å²) in [5.41, 5.74) is 1.65. The first-order chi connectivity index (χ1) is 13.7. The monoisotopic (exact) mass is 392 g/mol. The van der Waals surface area contributed by atoms with Crippen molar-refractivity contribution in [3.8, 4) is 11.5 Å². The Labute approximate surface area is 167 Å². The van der Waals surface area contributed by atoms with E-state index in [9.17, 15) is 4.79 Å². The van der Waals surface area contributed by atoms with E-state index in [1.807, 2.05) is 54.6 Å². The van der Waals surface area contributed by atoms with Crippen molar-refractivity contribution in [1.82, 2.24) is 4.98 Å². The second kappa shape index (κ2) is 7.02. The summed E-state index contributed by atoms with van der Waals surface area (Å²) >= 11 is 1.42. The molecule has 3 aromatic rings. The van der Waals surface area contributed by atoms with Gasteiger partial charge in [0.2, 0.25) is 5.91 Å². The van der Waals surface area contributed by atoms with Gasteiger partial charge in [0.1, 0.15) is 0 Å². The minimum atomic E-state index is -0.484. The predicted octanol–water partition coefficient (Wildman–Crippen LogP) is 5.01. The first-order valence-electron chi connectivity index (χ1n) is 9.50. The van der Waals surface area contributed by atoms with E-state index in [0.717, 1.165) is 53.0 Å². The highest BCUT2D eigenvalue weighted by atomic mass is 32.2. The lowest BCUT2D eigenvalue weighted by atomic mass is 10.2. The van der Waals surface area contributed by atoms with Gasteiger partial charge in [-0.15, -0.1) is 0 Å². The van der Waals surface area contributed by atoms with Gasteiger partial charge in [0.25, 0.3) is 5.79 Å². The van der Waals surface area contributed by atoms with Crippen LogP contribution in [0, 0.1) is 0 Å². The van der Waals surface area contributed by atoms with Crippen LogP contribution in [0.25, 0.3) is 10.9 Å². The number of carbonyl (C=O) groups excluding carboxylic acids is 1. The Kier molecular flexibility index (Phi) is 4.36. The van der Waals surface area contributed by atoms with E-state index in [0.29, 0.717) is 11.5 Å². The van der Waals surface area contributed by atoms with Crippen molar-refractivity contribution in [1.29, 1.82) is 0 Å². The molecule has 1 aliphatic heterocycles. The second-order valence-electron chi connectivity index (χ2n) is 7.16. The fourth-order valence-corrected chi connectivity index (χ4v) is 4.43. The van der Waals surface area contributed by atoms with Crippen molar-refractivity contribution >= 4 is 34.3 Å². The molecule has 28 heavy (non-hydrogen) atoms. The average Bonchev–Trinajstić information content (AvgIpc) is 3.31. The lowest BCUT2D eigenvalue weighted by Gasteiger charge is -2.21. The first-order valence-corrected chi connectivity index (χ1v) is 10.5. The maximum Gasteiger partial charge on any atom is 0.251 e. The average molecular weight is 392 g/mol. The van der Waals surface area contributed by atoms with E-state index < -0.39 is 5.79 Å². The zero-order chi connectivity index (χ0) is 19.0. The number of benzene rings is 2. The number of rotatable bonds is 4. The van der Waals surface area contributed by atoms with Crippen molar-refractivity contribution in [2.45, 2.75) is 36.5 Å². The Balaban J connectivity index is 1.21. The highest BCUT2D eigenvalue weighted by Gasteiger charge is 2.44. The van der Waals surface area contributed by atoms with E-state index in [1.165, 1.54) is 11.8 Å².